The molecule has 10 N–H and O–H groups in total. The molecule has 0 spiro atoms. The third-order valence-electron chi connectivity index (χ3n) is 19.3. The zero-order valence-electron chi connectivity index (χ0n) is 63.4. The lowest BCUT2D eigenvalue weighted by Gasteiger charge is -2.33. The zero-order valence-corrected chi connectivity index (χ0v) is 63.4. The van der Waals surface area contributed by atoms with Gasteiger partial charge in [0.1, 0.15) is 18.3 Å². The summed E-state index contributed by atoms with van der Waals surface area (Å²) in [5.41, 5.74) is 0. The van der Waals surface area contributed by atoms with Gasteiger partial charge in [-0.3, -0.25) is 29.1 Å². The number of aliphatic hydroxyl groups excluding tert-OH is 5. The quantitative estimate of drug-likeness (QED) is 0.0256. The van der Waals surface area contributed by atoms with E-state index >= 15 is 0 Å². The van der Waals surface area contributed by atoms with Crippen molar-refractivity contribution >= 4 is 17.7 Å². The summed E-state index contributed by atoms with van der Waals surface area (Å²) in [5, 5.41) is 73.5. The molecule has 0 saturated heterocycles. The number of rotatable bonds is 78. The molecular weight excluding hydrogens is 1190 g/mol. The lowest BCUT2D eigenvalue weighted by Crippen LogP contribution is -2.52. The molecule has 0 aliphatic carbocycles. The highest BCUT2D eigenvalue weighted by Gasteiger charge is 2.26. The molecule has 0 heterocycles. The van der Waals surface area contributed by atoms with Crippen LogP contribution in [-0.4, -0.2) is 193 Å². The maximum Gasteiger partial charge on any atom is 0.250 e. The number of nitrogens with one attached hydrogen (secondary N) is 5. The SMILES string of the molecule is CCCCCCCCCCCCNCC(O)CN(CCN(CCN(CC(O)CNCCCCCCCCCCCC)CC(O)C(=O)NCCCCCCCCCCCC)CC(O)C(=O)NCCCCCCCCCCCC)CC(O)C(=O)NCCCCCCCCCCCC. The Bertz CT molecular complexity index is 1520. The molecule has 16 heteroatoms. The topological polar surface area (TPSA) is 222 Å². The fourth-order valence-electron chi connectivity index (χ4n) is 12.9. The molecule has 0 aliphatic heterocycles. The van der Waals surface area contributed by atoms with Crippen LogP contribution in [0.15, 0.2) is 0 Å². The second-order valence-electron chi connectivity index (χ2n) is 28.9. The van der Waals surface area contributed by atoms with Gasteiger partial charge < -0.3 is 52.1 Å². The van der Waals surface area contributed by atoms with Crippen molar-refractivity contribution in [2.45, 2.75) is 386 Å². The first kappa shape index (κ1) is 93.0. The van der Waals surface area contributed by atoms with Gasteiger partial charge in [0.25, 0.3) is 0 Å². The summed E-state index contributed by atoms with van der Waals surface area (Å²) in [5.74, 6) is -1.33. The van der Waals surface area contributed by atoms with Crippen LogP contribution in [0.2, 0.25) is 0 Å². The minimum atomic E-state index is -1.36. The van der Waals surface area contributed by atoms with Gasteiger partial charge in [-0.05, 0) is 45.2 Å². The number of aliphatic hydroxyl groups is 5. The summed E-state index contributed by atoms with van der Waals surface area (Å²) in [4.78, 5) is 46.5. The van der Waals surface area contributed by atoms with E-state index < -0.39 is 48.2 Å². The normalized spacial score (nSPS) is 13.5. The lowest BCUT2D eigenvalue weighted by atomic mass is 10.1. The van der Waals surface area contributed by atoms with Crippen molar-refractivity contribution in [2.75, 3.05) is 105 Å². The van der Waals surface area contributed by atoms with Gasteiger partial charge in [-0.2, -0.15) is 0 Å². The standard InChI is InChI=1S/C79H162N8O8/c1-6-11-16-21-26-31-36-41-46-51-56-80-65-72(88)67-86(70-75(91)78(94)83-59-54-49-44-39-34-29-24-19-14-9-4)63-61-85(69-74(90)77(93)82-58-53-48-43-38-33-28-23-18-13-8-3)62-64-87(68-73(89)66-81-57-52-47-42-37-32-27-22-17-12-7-2)71-76(92)79(95)84-60-55-50-45-40-35-30-25-20-15-10-5/h72-76,80-81,88-92H,6-71H2,1-5H3,(H,82,93)(H,83,94)(H,84,95). The Morgan fingerprint density at radius 2 is 0.421 bits per heavy atom. The van der Waals surface area contributed by atoms with Gasteiger partial charge in [-0.25, -0.2) is 0 Å². The first-order valence-corrected chi connectivity index (χ1v) is 41.2. The van der Waals surface area contributed by atoms with Gasteiger partial charge in [-0.15, -0.1) is 0 Å². The molecule has 5 atom stereocenters. The van der Waals surface area contributed by atoms with Crippen LogP contribution in [0, 0.1) is 0 Å². The maximum atomic E-state index is 13.7. The maximum absolute atomic E-state index is 13.7. The monoisotopic (exact) mass is 1350 g/mol. The van der Waals surface area contributed by atoms with Crippen LogP contribution in [0.1, 0.15) is 356 Å². The van der Waals surface area contributed by atoms with E-state index in [0.29, 0.717) is 58.9 Å². The third-order valence-corrected chi connectivity index (χ3v) is 19.3. The molecule has 0 fully saturated rings. The third kappa shape index (κ3) is 65.1. The molecule has 0 aromatic rings. The van der Waals surface area contributed by atoms with E-state index in [1.165, 1.54) is 238 Å². The summed E-state index contributed by atoms with van der Waals surface area (Å²) >= 11 is 0. The van der Waals surface area contributed by atoms with E-state index in [-0.39, 0.29) is 32.7 Å². The van der Waals surface area contributed by atoms with Gasteiger partial charge in [0.15, 0.2) is 0 Å². The summed E-state index contributed by atoms with van der Waals surface area (Å²) in [6.45, 7) is 16.6. The smallest absolute Gasteiger partial charge is 0.250 e. The highest BCUT2D eigenvalue weighted by molar-refractivity contribution is 5.81. The van der Waals surface area contributed by atoms with Crippen molar-refractivity contribution in [1.29, 1.82) is 0 Å². The molecule has 0 rings (SSSR count). The van der Waals surface area contributed by atoms with E-state index in [2.05, 4.69) is 61.2 Å². The summed E-state index contributed by atoms with van der Waals surface area (Å²) in [6, 6.07) is 0. The number of amides is 3. The molecule has 0 bridgehead atoms. The van der Waals surface area contributed by atoms with Crippen LogP contribution < -0.4 is 26.6 Å². The van der Waals surface area contributed by atoms with Gasteiger partial charge in [0.2, 0.25) is 17.7 Å². The van der Waals surface area contributed by atoms with Crippen molar-refractivity contribution < 1.29 is 39.9 Å². The van der Waals surface area contributed by atoms with Crippen molar-refractivity contribution in [1.82, 2.24) is 41.3 Å². The lowest BCUT2D eigenvalue weighted by molar-refractivity contribution is -0.131. The van der Waals surface area contributed by atoms with Crippen LogP contribution in [0.25, 0.3) is 0 Å². The van der Waals surface area contributed by atoms with Gasteiger partial charge in [0.05, 0.1) is 12.2 Å². The summed E-state index contributed by atoms with van der Waals surface area (Å²) in [6.07, 6.45) is 55.0. The fourth-order valence-corrected chi connectivity index (χ4v) is 12.9. The molecule has 0 aliphatic rings. The summed E-state index contributed by atoms with van der Waals surface area (Å²) < 4.78 is 0. The summed E-state index contributed by atoms with van der Waals surface area (Å²) in [7, 11) is 0. The average molecular weight is 1350 g/mol. The largest absolute Gasteiger partial charge is 0.390 e. The second kappa shape index (κ2) is 73.2. The molecule has 95 heavy (non-hydrogen) atoms. The van der Waals surface area contributed by atoms with Crippen LogP contribution in [0.5, 0.6) is 0 Å². The number of unbranched alkanes of at least 4 members (excludes halogenated alkanes) is 45. The molecular formula is C79H162N8O8. The van der Waals surface area contributed by atoms with E-state index in [0.717, 1.165) is 96.6 Å². The Kier molecular flexibility index (Phi) is 71.7. The Morgan fingerprint density at radius 1 is 0.242 bits per heavy atom. The van der Waals surface area contributed by atoms with Crippen molar-refractivity contribution in [3.63, 3.8) is 0 Å². The Labute approximate surface area is 587 Å². The van der Waals surface area contributed by atoms with E-state index in [1.807, 2.05) is 14.7 Å². The molecule has 0 aromatic carbocycles. The predicted octanol–water partition coefficient (Wildman–Crippen LogP) is 14.8. The van der Waals surface area contributed by atoms with Crippen molar-refractivity contribution in [2.24, 2.45) is 0 Å². The Hall–Kier alpha value is -1.99. The molecule has 0 radical (unpaired) electrons. The van der Waals surface area contributed by atoms with E-state index in [4.69, 9.17) is 0 Å². The first-order chi connectivity index (χ1) is 46.4. The zero-order chi connectivity index (χ0) is 69.6. The average Bonchev–Trinajstić information content (AvgIpc) is 1.84. The number of hydrogen-bond donors (Lipinski definition) is 10. The second-order valence-corrected chi connectivity index (χ2v) is 28.9. The molecule has 5 unspecified atom stereocenters. The van der Waals surface area contributed by atoms with Crippen LogP contribution >= 0.6 is 0 Å². The minimum absolute atomic E-state index is 0.0126. The molecule has 0 saturated carbocycles. The van der Waals surface area contributed by atoms with Gasteiger partial charge in [0, 0.05) is 91.6 Å². The van der Waals surface area contributed by atoms with Gasteiger partial charge in [-0.1, -0.05) is 324 Å². The predicted molar refractivity (Wildman–Crippen MR) is 403 cm³/mol. The molecule has 0 aromatic heterocycles. The highest BCUT2D eigenvalue weighted by atomic mass is 16.3. The van der Waals surface area contributed by atoms with E-state index in [9.17, 15) is 39.9 Å². The van der Waals surface area contributed by atoms with E-state index in [1.54, 1.807) is 0 Å². The van der Waals surface area contributed by atoms with Crippen LogP contribution in [-0.2, 0) is 14.4 Å². The first-order valence-electron chi connectivity index (χ1n) is 41.2. The molecule has 566 valence electrons. The Balaban J connectivity index is 6.36. The van der Waals surface area contributed by atoms with Crippen LogP contribution in [0.4, 0.5) is 0 Å². The fraction of sp³-hybridized carbons (Fsp3) is 0.962. The number of carbonyl (C=O) groups is 3. The minimum Gasteiger partial charge on any atom is -0.390 e. The Morgan fingerprint density at radius 3 is 0.642 bits per heavy atom. The molecule has 16 nitrogen and oxygen atoms in total. The highest BCUT2D eigenvalue weighted by Crippen LogP contribution is 2.16. The number of carbonyl (C=O) groups excluding carboxylic acids is 3. The van der Waals surface area contributed by atoms with Crippen molar-refractivity contribution in [3.8, 4) is 0 Å². The van der Waals surface area contributed by atoms with Crippen LogP contribution in [0.3, 0.4) is 0 Å². The number of hydrogen-bond acceptors (Lipinski definition) is 13. The molecule has 3 amide bonds. The van der Waals surface area contributed by atoms with Gasteiger partial charge >= 0.3 is 0 Å². The van der Waals surface area contributed by atoms with Crippen molar-refractivity contribution in [3.05, 3.63) is 0 Å². The number of nitrogens with zero attached hydrogens (tertiary/aromatic N) is 3.